The van der Waals surface area contributed by atoms with E-state index in [9.17, 15) is 4.79 Å². The van der Waals surface area contributed by atoms with E-state index in [1.54, 1.807) is 11.3 Å². The van der Waals surface area contributed by atoms with Crippen molar-refractivity contribution in [1.29, 1.82) is 0 Å². The molecule has 1 aromatic heterocycles. The van der Waals surface area contributed by atoms with Gasteiger partial charge in [0.2, 0.25) is 0 Å². The monoisotopic (exact) mass is 256 g/mol. The third kappa shape index (κ3) is 4.83. The van der Waals surface area contributed by atoms with Gasteiger partial charge in [-0.15, -0.1) is 11.3 Å². The minimum Gasteiger partial charge on any atom is -0.480 e. The van der Waals surface area contributed by atoms with Crippen LogP contribution in [0.5, 0.6) is 0 Å². The standard InChI is InChI=1S/C12H20N2O2S/c1-8(2)5-14(7-12(15)16)6-11-13-9(3)10(4)17-11/h8H,5-7H2,1-4H3,(H,15,16). The zero-order valence-corrected chi connectivity index (χ0v) is 11.7. The fraction of sp³-hybridized carbons (Fsp3) is 0.667. The predicted molar refractivity (Wildman–Crippen MR) is 69.3 cm³/mol. The first-order valence-electron chi connectivity index (χ1n) is 5.75. The van der Waals surface area contributed by atoms with Gasteiger partial charge in [0.1, 0.15) is 5.01 Å². The Kier molecular flexibility index (Phi) is 5.08. The van der Waals surface area contributed by atoms with Gasteiger partial charge < -0.3 is 5.11 Å². The van der Waals surface area contributed by atoms with Crippen LogP contribution in [-0.4, -0.2) is 34.0 Å². The Hall–Kier alpha value is -0.940. The number of thiazole rings is 1. The Labute approximate surface area is 106 Å². The van der Waals surface area contributed by atoms with Gasteiger partial charge in [0.05, 0.1) is 18.8 Å². The number of carbonyl (C=O) groups is 1. The van der Waals surface area contributed by atoms with Crippen LogP contribution in [0, 0.1) is 19.8 Å². The first kappa shape index (κ1) is 14.1. The molecular formula is C12H20N2O2S. The van der Waals surface area contributed by atoms with Crippen molar-refractivity contribution in [3.8, 4) is 0 Å². The summed E-state index contributed by atoms with van der Waals surface area (Å²) in [7, 11) is 0. The molecule has 0 spiro atoms. The highest BCUT2D eigenvalue weighted by molar-refractivity contribution is 7.11. The molecule has 1 rings (SSSR count). The van der Waals surface area contributed by atoms with E-state index in [4.69, 9.17) is 5.11 Å². The largest absolute Gasteiger partial charge is 0.480 e. The lowest BCUT2D eigenvalue weighted by atomic mass is 10.2. The minimum absolute atomic E-state index is 0.0792. The first-order valence-corrected chi connectivity index (χ1v) is 6.57. The maximum Gasteiger partial charge on any atom is 0.317 e. The van der Waals surface area contributed by atoms with Crippen molar-refractivity contribution in [2.75, 3.05) is 13.1 Å². The molecule has 0 saturated carbocycles. The van der Waals surface area contributed by atoms with Crippen molar-refractivity contribution in [2.45, 2.75) is 34.2 Å². The lowest BCUT2D eigenvalue weighted by molar-refractivity contribution is -0.138. The molecule has 0 saturated heterocycles. The molecule has 0 bridgehead atoms. The third-order valence-electron chi connectivity index (χ3n) is 2.41. The van der Waals surface area contributed by atoms with Crippen LogP contribution in [0.1, 0.15) is 29.4 Å². The van der Waals surface area contributed by atoms with Gasteiger partial charge in [-0.2, -0.15) is 0 Å². The number of aryl methyl sites for hydroxylation is 2. The highest BCUT2D eigenvalue weighted by Gasteiger charge is 2.14. The van der Waals surface area contributed by atoms with Crippen LogP contribution >= 0.6 is 11.3 Å². The van der Waals surface area contributed by atoms with Gasteiger partial charge in [-0.25, -0.2) is 4.98 Å². The number of rotatable bonds is 6. The zero-order valence-electron chi connectivity index (χ0n) is 10.9. The second-order valence-corrected chi connectivity index (χ2v) is 5.99. The number of hydrogen-bond donors (Lipinski definition) is 1. The van der Waals surface area contributed by atoms with Crippen LogP contribution in [0.15, 0.2) is 0 Å². The van der Waals surface area contributed by atoms with Gasteiger partial charge in [0.15, 0.2) is 0 Å². The maximum atomic E-state index is 10.8. The van der Waals surface area contributed by atoms with Crippen molar-refractivity contribution >= 4 is 17.3 Å². The summed E-state index contributed by atoms with van der Waals surface area (Å²) in [5.74, 6) is -0.327. The Morgan fingerprint density at radius 2 is 2.12 bits per heavy atom. The molecule has 0 aliphatic heterocycles. The summed E-state index contributed by atoms with van der Waals surface area (Å²) in [6.07, 6.45) is 0. The molecule has 0 aromatic carbocycles. The van der Waals surface area contributed by atoms with Gasteiger partial charge in [0, 0.05) is 11.4 Å². The molecule has 0 aliphatic rings. The van der Waals surface area contributed by atoms with E-state index in [2.05, 4.69) is 18.8 Å². The van der Waals surface area contributed by atoms with Crippen LogP contribution in [0.25, 0.3) is 0 Å². The molecule has 96 valence electrons. The molecule has 1 N–H and O–H groups in total. The summed E-state index contributed by atoms with van der Waals surface area (Å²) in [5.41, 5.74) is 1.05. The Bertz CT molecular complexity index is 368. The summed E-state index contributed by atoms with van der Waals surface area (Å²) in [6.45, 7) is 9.70. The van der Waals surface area contributed by atoms with Crippen molar-refractivity contribution < 1.29 is 9.90 Å². The lowest BCUT2D eigenvalue weighted by Gasteiger charge is -2.20. The van der Waals surface area contributed by atoms with Crippen molar-refractivity contribution in [3.63, 3.8) is 0 Å². The second kappa shape index (κ2) is 6.12. The molecule has 0 aliphatic carbocycles. The summed E-state index contributed by atoms with van der Waals surface area (Å²) >= 11 is 1.65. The van der Waals surface area contributed by atoms with Crippen molar-refractivity contribution in [2.24, 2.45) is 5.92 Å². The SMILES string of the molecule is Cc1nc(CN(CC(=O)O)CC(C)C)sc1C. The molecule has 17 heavy (non-hydrogen) atoms. The lowest BCUT2D eigenvalue weighted by Crippen LogP contribution is -2.32. The topological polar surface area (TPSA) is 53.4 Å². The van der Waals surface area contributed by atoms with Crippen LogP contribution < -0.4 is 0 Å². The molecule has 0 amide bonds. The van der Waals surface area contributed by atoms with Gasteiger partial charge in [-0.3, -0.25) is 9.69 Å². The van der Waals surface area contributed by atoms with Gasteiger partial charge in [-0.1, -0.05) is 13.8 Å². The smallest absolute Gasteiger partial charge is 0.317 e. The average Bonchev–Trinajstić information content (AvgIpc) is 2.42. The van der Waals surface area contributed by atoms with Crippen molar-refractivity contribution in [3.05, 3.63) is 15.6 Å². The van der Waals surface area contributed by atoms with Crippen LogP contribution in [0.4, 0.5) is 0 Å². The molecule has 4 nitrogen and oxygen atoms in total. The van der Waals surface area contributed by atoms with Crippen LogP contribution in [-0.2, 0) is 11.3 Å². The molecule has 1 heterocycles. The summed E-state index contributed by atoms with van der Waals surface area (Å²) < 4.78 is 0. The van der Waals surface area contributed by atoms with E-state index in [-0.39, 0.29) is 6.54 Å². The fourth-order valence-electron chi connectivity index (χ4n) is 1.69. The molecule has 0 radical (unpaired) electrons. The fourth-order valence-corrected chi connectivity index (χ4v) is 2.67. The summed E-state index contributed by atoms with van der Waals surface area (Å²) in [6, 6.07) is 0. The van der Waals surface area contributed by atoms with Gasteiger partial charge in [-0.05, 0) is 19.8 Å². The van der Waals surface area contributed by atoms with E-state index >= 15 is 0 Å². The Morgan fingerprint density at radius 1 is 1.47 bits per heavy atom. The third-order valence-corrected chi connectivity index (χ3v) is 3.47. The van der Waals surface area contributed by atoms with E-state index in [0.717, 1.165) is 17.2 Å². The first-order chi connectivity index (χ1) is 7.88. The molecule has 0 atom stereocenters. The normalized spacial score (nSPS) is 11.4. The number of hydrogen-bond acceptors (Lipinski definition) is 4. The molecular weight excluding hydrogens is 236 g/mol. The molecule has 1 aromatic rings. The Balaban J connectivity index is 2.67. The molecule has 0 fully saturated rings. The summed E-state index contributed by atoms with van der Waals surface area (Å²) in [4.78, 5) is 18.4. The van der Waals surface area contributed by atoms with E-state index in [1.807, 2.05) is 18.7 Å². The number of nitrogens with zero attached hydrogens (tertiary/aromatic N) is 2. The molecule has 5 heteroatoms. The number of carboxylic acids is 1. The Morgan fingerprint density at radius 3 is 2.53 bits per heavy atom. The molecule has 0 unspecified atom stereocenters. The quantitative estimate of drug-likeness (QED) is 0.848. The van der Waals surface area contributed by atoms with Gasteiger partial charge in [0.25, 0.3) is 0 Å². The highest BCUT2D eigenvalue weighted by Crippen LogP contribution is 2.18. The van der Waals surface area contributed by atoms with E-state index < -0.39 is 5.97 Å². The van der Waals surface area contributed by atoms with Crippen LogP contribution in [0.3, 0.4) is 0 Å². The number of aromatic nitrogens is 1. The second-order valence-electron chi connectivity index (χ2n) is 4.71. The van der Waals surface area contributed by atoms with E-state index in [0.29, 0.717) is 12.5 Å². The number of carboxylic acid groups (broad SMARTS) is 1. The maximum absolute atomic E-state index is 10.8. The van der Waals surface area contributed by atoms with Gasteiger partial charge >= 0.3 is 5.97 Å². The summed E-state index contributed by atoms with van der Waals surface area (Å²) in [5, 5.41) is 9.88. The van der Waals surface area contributed by atoms with Crippen molar-refractivity contribution in [1.82, 2.24) is 9.88 Å². The highest BCUT2D eigenvalue weighted by atomic mass is 32.1. The van der Waals surface area contributed by atoms with E-state index in [1.165, 1.54) is 4.88 Å². The van der Waals surface area contributed by atoms with Crippen LogP contribution in [0.2, 0.25) is 0 Å². The number of aliphatic carboxylic acids is 1. The average molecular weight is 256 g/mol. The minimum atomic E-state index is -0.782. The zero-order chi connectivity index (χ0) is 13.0. The predicted octanol–water partition coefficient (Wildman–Crippen LogP) is 2.30.